The van der Waals surface area contributed by atoms with Gasteiger partial charge in [0.25, 0.3) is 0 Å². The zero-order valence-corrected chi connectivity index (χ0v) is 14.6. The van der Waals surface area contributed by atoms with Crippen molar-refractivity contribution < 1.29 is 5.11 Å². The molecule has 1 aliphatic heterocycles. The molecule has 2 aliphatic rings. The molecule has 0 saturated carbocycles. The number of aromatic hydroxyl groups is 1. The zero-order chi connectivity index (χ0) is 17.2. The van der Waals surface area contributed by atoms with E-state index in [1.54, 1.807) is 0 Å². The quantitative estimate of drug-likeness (QED) is 0.803. The maximum absolute atomic E-state index is 9.94. The van der Waals surface area contributed by atoms with Crippen LogP contribution in [-0.2, 0) is 6.42 Å². The molecule has 126 valence electrons. The van der Waals surface area contributed by atoms with Gasteiger partial charge in [0, 0.05) is 12.8 Å². The number of phenolic OH excluding ortho intramolecular Hbond substituents is 1. The van der Waals surface area contributed by atoms with Gasteiger partial charge in [0.05, 0.1) is 0 Å². The Hall–Kier alpha value is -2.61. The topological polar surface area (TPSA) is 32.6 Å². The lowest BCUT2D eigenvalue weighted by Gasteiger charge is -2.19. The van der Waals surface area contributed by atoms with Gasteiger partial charge in [0.1, 0.15) is 5.75 Å². The van der Waals surface area contributed by atoms with Crippen molar-refractivity contribution in [3.63, 3.8) is 0 Å². The number of aryl methyl sites for hydroxylation is 2. The van der Waals surface area contributed by atoms with E-state index in [1.807, 2.05) is 18.3 Å². The molecule has 2 nitrogen and oxygen atoms in total. The Balaban J connectivity index is 1.97. The van der Waals surface area contributed by atoms with Gasteiger partial charge in [0.15, 0.2) is 0 Å². The molecule has 0 unspecified atom stereocenters. The molecule has 0 spiro atoms. The number of benzene rings is 2. The van der Waals surface area contributed by atoms with E-state index in [0.717, 1.165) is 32.2 Å². The highest BCUT2D eigenvalue weighted by Gasteiger charge is 2.21. The summed E-state index contributed by atoms with van der Waals surface area (Å²) in [6.45, 7) is 3.00. The van der Waals surface area contributed by atoms with Crippen molar-refractivity contribution in [3.05, 3.63) is 81.9 Å². The van der Waals surface area contributed by atoms with Gasteiger partial charge in [-0.25, -0.2) is 0 Å². The lowest BCUT2D eigenvalue weighted by Crippen LogP contribution is -2.02. The third kappa shape index (κ3) is 3.17. The van der Waals surface area contributed by atoms with E-state index < -0.39 is 0 Å². The highest BCUT2D eigenvalue weighted by Crippen LogP contribution is 2.40. The number of fused-ring (bicyclic) bond motifs is 1. The molecule has 1 heterocycles. The number of rotatable bonds is 2. The Kier molecular flexibility index (Phi) is 4.27. The van der Waals surface area contributed by atoms with Crippen molar-refractivity contribution in [3.8, 4) is 5.75 Å². The molecular formula is C23H23NO. The molecule has 2 heteroatoms. The average Bonchev–Trinajstić information content (AvgIpc) is 2.82. The van der Waals surface area contributed by atoms with E-state index in [1.165, 1.54) is 39.0 Å². The largest absolute Gasteiger partial charge is 0.508 e. The maximum atomic E-state index is 9.94. The van der Waals surface area contributed by atoms with E-state index in [4.69, 9.17) is 0 Å². The first-order valence-corrected chi connectivity index (χ1v) is 9.04. The van der Waals surface area contributed by atoms with Crippen LogP contribution in [0.4, 0.5) is 0 Å². The van der Waals surface area contributed by atoms with Gasteiger partial charge in [-0.15, -0.1) is 0 Å². The molecule has 0 aromatic heterocycles. The normalized spacial score (nSPS) is 17.1. The summed E-state index contributed by atoms with van der Waals surface area (Å²) in [4.78, 5) is 4.35. The predicted molar refractivity (Wildman–Crippen MR) is 104 cm³/mol. The van der Waals surface area contributed by atoms with Gasteiger partial charge >= 0.3 is 0 Å². The van der Waals surface area contributed by atoms with Gasteiger partial charge < -0.3 is 5.11 Å². The number of nitrogens with zero attached hydrogens (tertiary/aromatic N) is 1. The molecule has 25 heavy (non-hydrogen) atoms. The summed E-state index contributed by atoms with van der Waals surface area (Å²) in [5, 5.41) is 9.94. The van der Waals surface area contributed by atoms with Gasteiger partial charge in [-0.1, -0.05) is 35.9 Å². The molecule has 1 aliphatic carbocycles. The van der Waals surface area contributed by atoms with E-state index in [2.05, 4.69) is 48.3 Å². The summed E-state index contributed by atoms with van der Waals surface area (Å²) < 4.78 is 0. The van der Waals surface area contributed by atoms with Crippen LogP contribution in [0.2, 0.25) is 0 Å². The number of hydrogen-bond donors (Lipinski definition) is 1. The van der Waals surface area contributed by atoms with E-state index in [-0.39, 0.29) is 0 Å². The molecule has 0 bridgehead atoms. The molecule has 0 amide bonds. The first kappa shape index (κ1) is 15.9. The fraction of sp³-hybridized carbons (Fsp3) is 0.261. The van der Waals surface area contributed by atoms with Crippen molar-refractivity contribution >= 4 is 11.8 Å². The first-order valence-electron chi connectivity index (χ1n) is 9.04. The van der Waals surface area contributed by atoms with Crippen LogP contribution in [0, 0.1) is 6.92 Å². The van der Waals surface area contributed by atoms with Gasteiger partial charge in [0.2, 0.25) is 0 Å². The summed E-state index contributed by atoms with van der Waals surface area (Å²) >= 11 is 0. The second-order valence-electron chi connectivity index (χ2n) is 6.91. The SMILES string of the molecule is Cc1ccc(C2=C(C3=CC=NCC3)CCCc3cc(O)ccc32)cc1. The summed E-state index contributed by atoms with van der Waals surface area (Å²) in [5.74, 6) is 0.356. The number of hydrogen-bond acceptors (Lipinski definition) is 2. The average molecular weight is 329 g/mol. The molecular weight excluding hydrogens is 306 g/mol. The fourth-order valence-electron chi connectivity index (χ4n) is 3.88. The van der Waals surface area contributed by atoms with Crippen LogP contribution in [0.15, 0.2) is 64.7 Å². The summed E-state index contributed by atoms with van der Waals surface area (Å²) in [6.07, 6.45) is 8.31. The Bertz CT molecular complexity index is 885. The van der Waals surface area contributed by atoms with Crippen LogP contribution >= 0.6 is 0 Å². The lowest BCUT2D eigenvalue weighted by atomic mass is 9.86. The molecule has 0 saturated heterocycles. The zero-order valence-electron chi connectivity index (χ0n) is 14.6. The van der Waals surface area contributed by atoms with Crippen LogP contribution in [0.3, 0.4) is 0 Å². The van der Waals surface area contributed by atoms with Gasteiger partial charge in [-0.3, -0.25) is 4.99 Å². The van der Waals surface area contributed by atoms with Crippen molar-refractivity contribution in [2.45, 2.75) is 32.6 Å². The van der Waals surface area contributed by atoms with E-state index in [0.29, 0.717) is 5.75 Å². The minimum atomic E-state index is 0.356. The third-order valence-electron chi connectivity index (χ3n) is 5.15. The van der Waals surface area contributed by atoms with E-state index >= 15 is 0 Å². The van der Waals surface area contributed by atoms with Gasteiger partial charge in [-0.05, 0) is 84.2 Å². The Morgan fingerprint density at radius 2 is 1.80 bits per heavy atom. The number of dihydropyridines is 1. The minimum Gasteiger partial charge on any atom is -0.508 e. The highest BCUT2D eigenvalue weighted by atomic mass is 16.3. The van der Waals surface area contributed by atoms with Crippen LogP contribution < -0.4 is 0 Å². The third-order valence-corrected chi connectivity index (χ3v) is 5.15. The predicted octanol–water partition coefficient (Wildman–Crippen LogP) is 5.24. The molecule has 0 radical (unpaired) electrons. The number of allylic oxidation sites excluding steroid dienone is 2. The van der Waals surface area contributed by atoms with Crippen molar-refractivity contribution in [1.82, 2.24) is 0 Å². The van der Waals surface area contributed by atoms with Crippen LogP contribution in [0.25, 0.3) is 5.57 Å². The number of aliphatic imine (C=N–C) groups is 1. The lowest BCUT2D eigenvalue weighted by molar-refractivity contribution is 0.474. The molecule has 0 atom stereocenters. The van der Waals surface area contributed by atoms with Crippen LogP contribution in [0.5, 0.6) is 5.75 Å². The maximum Gasteiger partial charge on any atom is 0.115 e. The molecule has 2 aromatic carbocycles. The van der Waals surface area contributed by atoms with Crippen LogP contribution in [-0.4, -0.2) is 17.9 Å². The molecule has 0 fully saturated rings. The Morgan fingerprint density at radius 3 is 2.56 bits per heavy atom. The standard InChI is InChI=1S/C23H23NO/c1-16-5-7-18(8-6-16)23-21(17-11-13-24-14-12-17)4-2-3-19-15-20(25)9-10-22(19)23/h5-11,13,15,25H,2-4,12,14H2,1H3. The smallest absolute Gasteiger partial charge is 0.115 e. The van der Waals surface area contributed by atoms with Crippen molar-refractivity contribution in [1.29, 1.82) is 0 Å². The fourth-order valence-corrected chi connectivity index (χ4v) is 3.88. The second-order valence-corrected chi connectivity index (χ2v) is 6.91. The molecule has 1 N–H and O–H groups in total. The Morgan fingerprint density at radius 1 is 0.960 bits per heavy atom. The molecule has 4 rings (SSSR count). The summed E-state index contributed by atoms with van der Waals surface area (Å²) in [7, 11) is 0. The summed E-state index contributed by atoms with van der Waals surface area (Å²) in [5.41, 5.74) is 9.22. The van der Waals surface area contributed by atoms with Crippen molar-refractivity contribution in [2.24, 2.45) is 4.99 Å². The van der Waals surface area contributed by atoms with Crippen LogP contribution in [0.1, 0.15) is 41.5 Å². The second kappa shape index (κ2) is 6.72. The monoisotopic (exact) mass is 329 g/mol. The molecule has 2 aromatic rings. The van der Waals surface area contributed by atoms with Crippen molar-refractivity contribution in [2.75, 3.05) is 6.54 Å². The highest BCUT2D eigenvalue weighted by molar-refractivity contribution is 5.88. The van der Waals surface area contributed by atoms with Gasteiger partial charge in [-0.2, -0.15) is 0 Å². The first-order chi connectivity index (χ1) is 12.2. The Labute approximate surface area is 149 Å². The number of phenols is 1. The summed E-state index contributed by atoms with van der Waals surface area (Å²) in [6, 6.07) is 14.6. The minimum absolute atomic E-state index is 0.356. The van der Waals surface area contributed by atoms with E-state index in [9.17, 15) is 5.11 Å².